The smallest absolute Gasteiger partial charge is 0.273 e. The third kappa shape index (κ3) is 3.96. The summed E-state index contributed by atoms with van der Waals surface area (Å²) >= 11 is 1.43. The number of aryl methyl sites for hydroxylation is 1. The SMILES string of the molecule is Cn1cc(-c2nc(C(=O)N3CCC[C@@H](C(=O)Nc4ccccc4)C3)cs2)cn1. The van der Waals surface area contributed by atoms with Gasteiger partial charge in [0.15, 0.2) is 0 Å². The number of amides is 2. The van der Waals surface area contributed by atoms with Crippen LogP contribution in [0.15, 0.2) is 48.1 Å². The lowest BCUT2D eigenvalue weighted by molar-refractivity contribution is -0.121. The van der Waals surface area contributed by atoms with Crippen LogP contribution in [0.5, 0.6) is 0 Å². The maximum Gasteiger partial charge on any atom is 0.273 e. The van der Waals surface area contributed by atoms with Crippen molar-refractivity contribution in [2.75, 3.05) is 18.4 Å². The molecule has 0 unspecified atom stereocenters. The zero-order chi connectivity index (χ0) is 19.5. The van der Waals surface area contributed by atoms with Crippen molar-refractivity contribution < 1.29 is 9.59 Å². The number of rotatable bonds is 4. The van der Waals surface area contributed by atoms with Gasteiger partial charge < -0.3 is 10.2 Å². The van der Waals surface area contributed by atoms with Crippen molar-refractivity contribution in [3.63, 3.8) is 0 Å². The molecule has 4 rings (SSSR count). The third-order valence-electron chi connectivity index (χ3n) is 4.80. The fourth-order valence-electron chi connectivity index (χ4n) is 3.34. The molecule has 2 aromatic heterocycles. The second kappa shape index (κ2) is 7.93. The normalized spacial score (nSPS) is 16.8. The Morgan fingerprint density at radius 3 is 2.82 bits per heavy atom. The molecule has 2 amide bonds. The van der Waals surface area contributed by atoms with Crippen molar-refractivity contribution in [3.8, 4) is 10.6 Å². The molecule has 0 saturated carbocycles. The molecule has 0 spiro atoms. The fraction of sp³-hybridized carbons (Fsp3) is 0.300. The number of hydrogen-bond acceptors (Lipinski definition) is 5. The van der Waals surface area contributed by atoms with Gasteiger partial charge in [-0.15, -0.1) is 11.3 Å². The maximum absolute atomic E-state index is 12.9. The van der Waals surface area contributed by atoms with E-state index in [9.17, 15) is 9.59 Å². The van der Waals surface area contributed by atoms with Crippen LogP contribution >= 0.6 is 11.3 Å². The average Bonchev–Trinajstić information content (AvgIpc) is 3.37. The summed E-state index contributed by atoms with van der Waals surface area (Å²) in [5, 5.41) is 9.63. The molecule has 7 nitrogen and oxygen atoms in total. The van der Waals surface area contributed by atoms with Crippen LogP contribution in [0, 0.1) is 5.92 Å². The highest BCUT2D eigenvalue weighted by molar-refractivity contribution is 7.13. The van der Waals surface area contributed by atoms with Crippen LogP contribution in [0.2, 0.25) is 0 Å². The van der Waals surface area contributed by atoms with E-state index in [4.69, 9.17) is 0 Å². The van der Waals surface area contributed by atoms with Gasteiger partial charge in [-0.2, -0.15) is 5.10 Å². The summed E-state index contributed by atoms with van der Waals surface area (Å²) in [5.74, 6) is -0.379. The number of hydrogen-bond donors (Lipinski definition) is 1. The minimum Gasteiger partial charge on any atom is -0.336 e. The van der Waals surface area contributed by atoms with Gasteiger partial charge in [0.05, 0.1) is 12.1 Å². The largest absolute Gasteiger partial charge is 0.336 e. The van der Waals surface area contributed by atoms with Gasteiger partial charge in [-0.1, -0.05) is 18.2 Å². The molecule has 8 heteroatoms. The Hall–Kier alpha value is -3.00. The number of likely N-dealkylation sites (tertiary alicyclic amines) is 1. The first-order valence-electron chi connectivity index (χ1n) is 9.20. The summed E-state index contributed by atoms with van der Waals surface area (Å²) in [4.78, 5) is 31.7. The topological polar surface area (TPSA) is 80.1 Å². The number of carbonyl (C=O) groups is 2. The van der Waals surface area contributed by atoms with E-state index in [-0.39, 0.29) is 17.7 Å². The minimum absolute atomic E-state index is 0.0435. The first-order chi connectivity index (χ1) is 13.6. The highest BCUT2D eigenvalue weighted by atomic mass is 32.1. The summed E-state index contributed by atoms with van der Waals surface area (Å²) in [6.07, 6.45) is 5.19. The predicted molar refractivity (Wildman–Crippen MR) is 108 cm³/mol. The van der Waals surface area contributed by atoms with Gasteiger partial charge in [0.25, 0.3) is 5.91 Å². The van der Waals surface area contributed by atoms with Gasteiger partial charge in [0.1, 0.15) is 10.7 Å². The molecular formula is C20H21N5O2S. The number of thiazole rings is 1. The highest BCUT2D eigenvalue weighted by Crippen LogP contribution is 2.25. The lowest BCUT2D eigenvalue weighted by Crippen LogP contribution is -2.43. The molecule has 1 fully saturated rings. The summed E-state index contributed by atoms with van der Waals surface area (Å²) in [5.41, 5.74) is 2.09. The number of nitrogens with one attached hydrogen (secondary N) is 1. The molecule has 1 N–H and O–H groups in total. The number of aromatic nitrogens is 3. The molecule has 1 aliphatic rings. The molecule has 0 aliphatic carbocycles. The average molecular weight is 395 g/mol. The zero-order valence-corrected chi connectivity index (χ0v) is 16.4. The van der Waals surface area contributed by atoms with Crippen LogP contribution < -0.4 is 5.32 Å². The van der Waals surface area contributed by atoms with Gasteiger partial charge >= 0.3 is 0 Å². The Labute approximate surface area is 167 Å². The first-order valence-corrected chi connectivity index (χ1v) is 10.1. The monoisotopic (exact) mass is 395 g/mol. The van der Waals surface area contributed by atoms with Crippen molar-refractivity contribution in [1.29, 1.82) is 0 Å². The number of para-hydroxylation sites is 1. The first kappa shape index (κ1) is 18.4. The lowest BCUT2D eigenvalue weighted by Gasteiger charge is -2.31. The van der Waals surface area contributed by atoms with Gasteiger partial charge in [0.2, 0.25) is 5.91 Å². The molecule has 28 heavy (non-hydrogen) atoms. The summed E-state index contributed by atoms with van der Waals surface area (Å²) in [6, 6.07) is 9.39. The third-order valence-corrected chi connectivity index (χ3v) is 5.69. The van der Waals surface area contributed by atoms with Crippen LogP contribution in [-0.4, -0.2) is 44.6 Å². The lowest BCUT2D eigenvalue weighted by atomic mass is 9.96. The van der Waals surface area contributed by atoms with Crippen molar-refractivity contribution in [2.24, 2.45) is 13.0 Å². The summed E-state index contributed by atoms with van der Waals surface area (Å²) in [6.45, 7) is 1.06. The Bertz CT molecular complexity index is 981. The van der Waals surface area contributed by atoms with Crippen LogP contribution in [0.25, 0.3) is 10.6 Å². The summed E-state index contributed by atoms with van der Waals surface area (Å²) < 4.78 is 1.71. The van der Waals surface area contributed by atoms with Crippen molar-refractivity contribution in [1.82, 2.24) is 19.7 Å². The van der Waals surface area contributed by atoms with Gasteiger partial charge in [0, 0.05) is 43.0 Å². The van der Waals surface area contributed by atoms with Crippen LogP contribution in [0.4, 0.5) is 5.69 Å². The van der Waals surface area contributed by atoms with Crippen molar-refractivity contribution in [3.05, 3.63) is 53.8 Å². The number of anilines is 1. The molecular weight excluding hydrogens is 374 g/mol. The van der Waals surface area contributed by atoms with Crippen LogP contribution in [-0.2, 0) is 11.8 Å². The Morgan fingerprint density at radius 1 is 1.25 bits per heavy atom. The Balaban J connectivity index is 1.42. The van der Waals surface area contributed by atoms with Gasteiger partial charge in [-0.05, 0) is 25.0 Å². The van der Waals surface area contributed by atoms with E-state index in [0.29, 0.717) is 18.8 Å². The summed E-state index contributed by atoms with van der Waals surface area (Å²) in [7, 11) is 1.84. The number of benzene rings is 1. The maximum atomic E-state index is 12.9. The second-order valence-electron chi connectivity index (χ2n) is 6.89. The highest BCUT2D eigenvalue weighted by Gasteiger charge is 2.30. The number of piperidine rings is 1. The molecule has 3 heterocycles. The fourth-order valence-corrected chi connectivity index (χ4v) is 4.11. The predicted octanol–water partition coefficient (Wildman–Crippen LogP) is 3.03. The van der Waals surface area contributed by atoms with E-state index >= 15 is 0 Å². The number of nitrogens with zero attached hydrogens (tertiary/aromatic N) is 4. The second-order valence-corrected chi connectivity index (χ2v) is 7.74. The molecule has 0 bridgehead atoms. The van der Waals surface area contributed by atoms with Crippen LogP contribution in [0.1, 0.15) is 23.3 Å². The Kier molecular flexibility index (Phi) is 5.21. The molecule has 0 radical (unpaired) electrons. The van der Waals surface area contributed by atoms with Crippen molar-refractivity contribution >= 4 is 28.8 Å². The number of carbonyl (C=O) groups excluding carboxylic acids is 2. The standard InChI is InChI=1S/C20H21N5O2S/c1-24-11-15(10-21-24)19-23-17(13-28-19)20(27)25-9-5-6-14(12-25)18(26)22-16-7-3-2-4-8-16/h2-4,7-8,10-11,13-14H,5-6,9,12H2,1H3,(H,22,26)/t14-/m1/s1. The Morgan fingerprint density at radius 2 is 2.07 bits per heavy atom. The van der Waals surface area contributed by atoms with E-state index in [2.05, 4.69) is 15.4 Å². The molecule has 1 aromatic carbocycles. The van der Waals surface area contributed by atoms with E-state index in [1.54, 1.807) is 21.2 Å². The van der Waals surface area contributed by atoms with E-state index in [0.717, 1.165) is 29.1 Å². The quantitative estimate of drug-likeness (QED) is 0.736. The van der Waals surface area contributed by atoms with Crippen molar-refractivity contribution in [2.45, 2.75) is 12.8 Å². The van der Waals surface area contributed by atoms with Gasteiger partial charge in [-0.3, -0.25) is 14.3 Å². The van der Waals surface area contributed by atoms with E-state index in [1.807, 2.05) is 43.6 Å². The molecule has 1 saturated heterocycles. The van der Waals surface area contributed by atoms with E-state index < -0.39 is 0 Å². The van der Waals surface area contributed by atoms with Crippen LogP contribution in [0.3, 0.4) is 0 Å². The molecule has 1 atom stereocenters. The van der Waals surface area contributed by atoms with E-state index in [1.165, 1.54) is 11.3 Å². The molecule has 144 valence electrons. The molecule has 3 aromatic rings. The minimum atomic E-state index is -0.214. The van der Waals surface area contributed by atoms with Gasteiger partial charge in [-0.25, -0.2) is 4.98 Å². The zero-order valence-electron chi connectivity index (χ0n) is 15.5. The molecule has 1 aliphatic heterocycles.